The molecule has 0 radical (unpaired) electrons. The molecule has 1 N–H and O–H groups in total. The fourth-order valence-corrected chi connectivity index (χ4v) is 5.43. The number of thiophene rings is 1. The lowest BCUT2D eigenvalue weighted by molar-refractivity contribution is -0.274. The highest BCUT2D eigenvalue weighted by atomic mass is 79.9. The van der Waals surface area contributed by atoms with Crippen molar-refractivity contribution in [2.75, 3.05) is 0 Å². The summed E-state index contributed by atoms with van der Waals surface area (Å²) in [6, 6.07) is 11.3. The summed E-state index contributed by atoms with van der Waals surface area (Å²) >= 11 is 4.27. The van der Waals surface area contributed by atoms with Crippen LogP contribution in [-0.4, -0.2) is 20.7 Å². The zero-order chi connectivity index (χ0) is 23.0. The van der Waals surface area contributed by atoms with E-state index in [1.54, 1.807) is 26.0 Å². The molecule has 0 aliphatic rings. The number of aryl methyl sites for hydroxylation is 2. The molecule has 0 unspecified atom stereocenters. The van der Waals surface area contributed by atoms with E-state index in [1.807, 2.05) is 4.72 Å². The number of hydrogen-bond acceptors (Lipinski definition) is 5. The molecule has 0 saturated heterocycles. The van der Waals surface area contributed by atoms with Crippen LogP contribution in [0.25, 0.3) is 10.4 Å². The summed E-state index contributed by atoms with van der Waals surface area (Å²) in [5.74, 6) is -1.23. The van der Waals surface area contributed by atoms with Crippen LogP contribution in [-0.2, 0) is 10.0 Å². The number of amides is 1. The van der Waals surface area contributed by atoms with E-state index in [0.29, 0.717) is 21.6 Å². The molecule has 0 bridgehead atoms. The van der Waals surface area contributed by atoms with Crippen LogP contribution in [0, 0.1) is 13.8 Å². The highest BCUT2D eigenvalue weighted by molar-refractivity contribution is 9.10. The molecule has 0 saturated carbocycles. The van der Waals surface area contributed by atoms with E-state index in [2.05, 4.69) is 20.7 Å². The zero-order valence-corrected chi connectivity index (χ0v) is 19.3. The van der Waals surface area contributed by atoms with Crippen LogP contribution >= 0.6 is 27.3 Å². The summed E-state index contributed by atoms with van der Waals surface area (Å²) in [5.41, 5.74) is 1.55. The van der Waals surface area contributed by atoms with Crippen LogP contribution in [0.2, 0.25) is 0 Å². The van der Waals surface area contributed by atoms with Crippen molar-refractivity contribution in [3.63, 3.8) is 0 Å². The summed E-state index contributed by atoms with van der Waals surface area (Å²) < 4.78 is 69.3. The lowest BCUT2D eigenvalue weighted by atomic mass is 10.2. The Labute approximate surface area is 189 Å². The summed E-state index contributed by atoms with van der Waals surface area (Å²) in [7, 11) is -4.12. The van der Waals surface area contributed by atoms with E-state index in [9.17, 15) is 26.4 Å². The van der Waals surface area contributed by atoms with Gasteiger partial charge in [0, 0.05) is 9.35 Å². The second-order valence-corrected chi connectivity index (χ2v) is 10.1. The van der Waals surface area contributed by atoms with E-state index in [4.69, 9.17) is 0 Å². The number of nitrogens with one attached hydrogen (secondary N) is 1. The third-order valence-electron chi connectivity index (χ3n) is 4.15. The molecule has 1 heterocycles. The quantitative estimate of drug-likeness (QED) is 0.449. The maximum Gasteiger partial charge on any atom is 0.573 e. The minimum absolute atomic E-state index is 0.0182. The molecular weight excluding hydrogens is 519 g/mol. The van der Waals surface area contributed by atoms with Gasteiger partial charge >= 0.3 is 6.36 Å². The van der Waals surface area contributed by atoms with Gasteiger partial charge in [0.25, 0.3) is 15.9 Å². The molecule has 31 heavy (non-hydrogen) atoms. The van der Waals surface area contributed by atoms with Crippen molar-refractivity contribution in [3.05, 3.63) is 69.0 Å². The number of carbonyl (C=O) groups excluding carboxylic acids is 1. The lowest BCUT2D eigenvalue weighted by Gasteiger charge is -2.11. The van der Waals surface area contributed by atoms with Crippen molar-refractivity contribution in [2.45, 2.75) is 25.1 Å². The van der Waals surface area contributed by atoms with Gasteiger partial charge in [0.2, 0.25) is 0 Å². The predicted molar refractivity (Wildman–Crippen MR) is 115 cm³/mol. The Bertz CT molecular complexity index is 1250. The van der Waals surface area contributed by atoms with Gasteiger partial charge in [-0.05, 0) is 66.9 Å². The molecule has 2 aromatic carbocycles. The molecule has 3 rings (SSSR count). The fraction of sp³-hybridized carbons (Fsp3) is 0.150. The van der Waals surface area contributed by atoms with Crippen LogP contribution in [0.15, 0.2) is 57.9 Å². The average Bonchev–Trinajstić information content (AvgIpc) is 3.13. The summed E-state index contributed by atoms with van der Waals surface area (Å²) in [4.78, 5) is 13.1. The highest BCUT2D eigenvalue weighted by Gasteiger charge is 2.31. The topological polar surface area (TPSA) is 72.5 Å². The molecule has 11 heteroatoms. The van der Waals surface area contributed by atoms with Gasteiger partial charge in [-0.3, -0.25) is 4.79 Å². The third kappa shape index (κ3) is 5.66. The first-order valence-corrected chi connectivity index (χ1v) is 11.7. The Morgan fingerprint density at radius 3 is 2.45 bits per heavy atom. The van der Waals surface area contributed by atoms with Gasteiger partial charge in [-0.15, -0.1) is 24.5 Å². The number of hydrogen-bond donors (Lipinski definition) is 1. The van der Waals surface area contributed by atoms with Crippen LogP contribution in [0.1, 0.15) is 20.8 Å². The molecule has 0 aliphatic carbocycles. The Hall–Kier alpha value is -2.37. The van der Waals surface area contributed by atoms with Crippen molar-refractivity contribution in [3.8, 4) is 16.2 Å². The van der Waals surface area contributed by atoms with Gasteiger partial charge < -0.3 is 4.74 Å². The first-order valence-electron chi connectivity index (χ1n) is 8.65. The van der Waals surface area contributed by atoms with Crippen molar-refractivity contribution < 1.29 is 31.1 Å². The van der Waals surface area contributed by atoms with Gasteiger partial charge in [-0.25, -0.2) is 13.1 Å². The third-order valence-corrected chi connectivity index (χ3v) is 7.62. The first kappa shape index (κ1) is 23.3. The monoisotopic (exact) mass is 533 g/mol. The second kappa shape index (κ2) is 8.64. The molecule has 5 nitrogen and oxygen atoms in total. The van der Waals surface area contributed by atoms with Gasteiger partial charge in [-0.2, -0.15) is 0 Å². The number of sulfonamides is 1. The van der Waals surface area contributed by atoms with E-state index >= 15 is 0 Å². The lowest BCUT2D eigenvalue weighted by Crippen LogP contribution is -2.30. The number of rotatable bonds is 5. The van der Waals surface area contributed by atoms with E-state index < -0.39 is 28.0 Å². The Morgan fingerprint density at radius 1 is 1.06 bits per heavy atom. The largest absolute Gasteiger partial charge is 0.573 e. The van der Waals surface area contributed by atoms with Crippen LogP contribution in [0.4, 0.5) is 13.2 Å². The molecule has 164 valence electrons. The van der Waals surface area contributed by atoms with Crippen LogP contribution in [0.5, 0.6) is 5.75 Å². The van der Waals surface area contributed by atoms with Crippen LogP contribution in [0.3, 0.4) is 0 Å². The normalized spacial score (nSPS) is 11.9. The number of ether oxygens (including phenoxy) is 1. The predicted octanol–water partition coefficient (Wildman–Crippen LogP) is 5.81. The van der Waals surface area contributed by atoms with Crippen LogP contribution < -0.4 is 9.46 Å². The molecule has 3 aromatic rings. The zero-order valence-electron chi connectivity index (χ0n) is 16.1. The summed E-state index contributed by atoms with van der Waals surface area (Å²) in [6.45, 7) is 3.34. The smallest absolute Gasteiger partial charge is 0.406 e. The number of halogens is 4. The van der Waals surface area contributed by atoms with Crippen molar-refractivity contribution >= 4 is 43.2 Å². The molecule has 0 spiro atoms. The van der Waals surface area contributed by atoms with Crippen molar-refractivity contribution in [2.24, 2.45) is 0 Å². The highest BCUT2D eigenvalue weighted by Crippen LogP contribution is 2.32. The number of benzene rings is 2. The molecule has 0 aliphatic heterocycles. The van der Waals surface area contributed by atoms with Gasteiger partial charge in [0.1, 0.15) is 5.75 Å². The maximum atomic E-state index is 12.7. The van der Waals surface area contributed by atoms with Gasteiger partial charge in [-0.1, -0.05) is 28.1 Å². The van der Waals surface area contributed by atoms with E-state index in [1.165, 1.54) is 30.3 Å². The number of alkyl halides is 3. The maximum absolute atomic E-state index is 12.7. The van der Waals surface area contributed by atoms with Crippen molar-refractivity contribution in [1.29, 1.82) is 0 Å². The minimum atomic E-state index is -4.82. The standard InChI is InChI=1S/C20H15BrF3NO4S2/c1-11-9-18(12(2)8-15(11)21)31(27,28)25-19(26)17-7-6-16(30-17)13-4-3-5-14(10-13)29-20(22,23)24/h3-10H,1-2H3,(H,25,26). The molecule has 1 amide bonds. The van der Waals surface area contributed by atoms with Gasteiger partial charge in [0.05, 0.1) is 9.77 Å². The Kier molecular flexibility index (Phi) is 6.49. The summed E-state index contributed by atoms with van der Waals surface area (Å²) in [5, 5.41) is 0. The fourth-order valence-electron chi connectivity index (χ4n) is 2.73. The molecule has 1 aromatic heterocycles. The molecule has 0 atom stereocenters. The minimum Gasteiger partial charge on any atom is -0.406 e. The van der Waals surface area contributed by atoms with Gasteiger partial charge in [0.15, 0.2) is 0 Å². The average molecular weight is 534 g/mol. The first-order chi connectivity index (χ1) is 14.4. The second-order valence-electron chi connectivity index (χ2n) is 6.54. The SMILES string of the molecule is Cc1cc(S(=O)(=O)NC(=O)c2ccc(-c3cccc(OC(F)(F)F)c3)s2)c(C)cc1Br. The summed E-state index contributed by atoms with van der Waals surface area (Å²) in [6.07, 6.45) is -4.82. The van der Waals surface area contributed by atoms with E-state index in [0.717, 1.165) is 21.9 Å². The number of carbonyl (C=O) groups is 1. The van der Waals surface area contributed by atoms with E-state index in [-0.39, 0.29) is 9.77 Å². The Balaban J connectivity index is 1.83. The van der Waals surface area contributed by atoms with Crippen molar-refractivity contribution in [1.82, 2.24) is 4.72 Å². The molecular formula is C20H15BrF3NO4S2. The molecule has 0 fully saturated rings. The Morgan fingerprint density at radius 2 is 1.77 bits per heavy atom.